The Balaban J connectivity index is 2.68. The van der Waals surface area contributed by atoms with E-state index in [1.54, 1.807) is 17.5 Å². The van der Waals surface area contributed by atoms with Crippen LogP contribution in [0.4, 0.5) is 0 Å². The number of rotatable bonds is 3. The quantitative estimate of drug-likeness (QED) is 0.695. The molecule has 0 radical (unpaired) electrons. The highest BCUT2D eigenvalue weighted by Crippen LogP contribution is 2.34. The second kappa shape index (κ2) is 5.14. The Labute approximate surface area is 116 Å². The molecule has 0 aliphatic heterocycles. The number of carbonyl (C=O) groups is 1. The summed E-state index contributed by atoms with van der Waals surface area (Å²) in [4.78, 5) is 15.7. The number of fused-ring (bicyclic) bond motifs is 1. The summed E-state index contributed by atoms with van der Waals surface area (Å²) in [6.07, 6.45) is 0. The number of hydrogen-bond donors (Lipinski definition) is 1. The van der Waals surface area contributed by atoms with Crippen molar-refractivity contribution in [1.82, 2.24) is 0 Å². The molecule has 0 unspecified atom stereocenters. The monoisotopic (exact) mass is 303 g/mol. The Kier molecular flexibility index (Phi) is 3.75. The maximum absolute atomic E-state index is 11.1. The fourth-order valence-electron chi connectivity index (χ4n) is 1.50. The molecule has 18 heavy (non-hydrogen) atoms. The highest BCUT2D eigenvalue weighted by molar-refractivity contribution is 7.17. The molecular formula is C11H7Cl2NO3S. The molecule has 1 N–H and O–H groups in total. The number of oxime groups is 1. The topological polar surface area (TPSA) is 58.9 Å². The molecule has 0 bridgehead atoms. The molecular weight excluding hydrogens is 297 g/mol. The lowest BCUT2D eigenvalue weighted by molar-refractivity contribution is -0.129. The molecule has 1 heterocycles. The van der Waals surface area contributed by atoms with Gasteiger partial charge in [-0.05, 0) is 12.1 Å². The van der Waals surface area contributed by atoms with E-state index in [1.165, 1.54) is 18.4 Å². The van der Waals surface area contributed by atoms with Crippen LogP contribution in [0.3, 0.4) is 0 Å². The van der Waals surface area contributed by atoms with Crippen LogP contribution in [-0.2, 0) is 9.63 Å². The van der Waals surface area contributed by atoms with E-state index in [9.17, 15) is 4.79 Å². The zero-order chi connectivity index (χ0) is 13.3. The summed E-state index contributed by atoms with van der Waals surface area (Å²) in [6, 6.07) is 3.32. The van der Waals surface area contributed by atoms with Crippen molar-refractivity contribution in [3.05, 3.63) is 33.1 Å². The van der Waals surface area contributed by atoms with Crippen LogP contribution < -0.4 is 0 Å². The standard InChI is InChI=1S/C11H7Cl2NO3S/c1-17-14-10(11(15)16)6-4-18-9-3-8(13)7(12)2-5(6)9/h2-4H,1H3,(H,15,16). The van der Waals surface area contributed by atoms with Gasteiger partial charge in [-0.3, -0.25) is 0 Å². The summed E-state index contributed by atoms with van der Waals surface area (Å²) in [5.74, 6) is -1.16. The van der Waals surface area contributed by atoms with Gasteiger partial charge in [0.15, 0.2) is 5.71 Å². The van der Waals surface area contributed by atoms with E-state index >= 15 is 0 Å². The molecule has 0 saturated heterocycles. The lowest BCUT2D eigenvalue weighted by atomic mass is 10.1. The van der Waals surface area contributed by atoms with Crippen LogP contribution in [0.15, 0.2) is 22.7 Å². The van der Waals surface area contributed by atoms with Gasteiger partial charge < -0.3 is 9.94 Å². The third-order valence-corrected chi connectivity index (χ3v) is 3.92. The van der Waals surface area contributed by atoms with Crippen LogP contribution in [0.2, 0.25) is 10.0 Å². The normalized spacial score (nSPS) is 11.8. The third-order valence-electron chi connectivity index (χ3n) is 2.26. The van der Waals surface area contributed by atoms with E-state index in [1.807, 2.05) is 0 Å². The van der Waals surface area contributed by atoms with Gasteiger partial charge in [-0.1, -0.05) is 28.4 Å². The van der Waals surface area contributed by atoms with Crippen LogP contribution in [0, 0.1) is 0 Å². The SMILES string of the molecule is CON=C(C(=O)O)c1csc2cc(Cl)c(Cl)cc12. The summed E-state index contributed by atoms with van der Waals surface area (Å²) in [5.41, 5.74) is 0.296. The van der Waals surface area contributed by atoms with E-state index in [-0.39, 0.29) is 5.71 Å². The van der Waals surface area contributed by atoms with Crippen LogP contribution >= 0.6 is 34.5 Å². The van der Waals surface area contributed by atoms with Crippen LogP contribution in [0.5, 0.6) is 0 Å². The number of halogens is 2. The van der Waals surface area contributed by atoms with Crippen molar-refractivity contribution in [2.75, 3.05) is 7.11 Å². The van der Waals surface area contributed by atoms with Gasteiger partial charge in [0.1, 0.15) is 7.11 Å². The summed E-state index contributed by atoms with van der Waals surface area (Å²) >= 11 is 13.2. The number of carboxylic acids is 1. The van der Waals surface area contributed by atoms with E-state index in [4.69, 9.17) is 28.3 Å². The van der Waals surface area contributed by atoms with Crippen molar-refractivity contribution in [2.45, 2.75) is 0 Å². The van der Waals surface area contributed by atoms with Gasteiger partial charge >= 0.3 is 5.97 Å². The first-order valence-corrected chi connectivity index (χ1v) is 6.39. The van der Waals surface area contributed by atoms with Crippen molar-refractivity contribution < 1.29 is 14.7 Å². The molecule has 0 aliphatic carbocycles. The van der Waals surface area contributed by atoms with Crippen LogP contribution in [-0.4, -0.2) is 23.9 Å². The summed E-state index contributed by atoms with van der Waals surface area (Å²) in [6.45, 7) is 0. The summed E-state index contributed by atoms with van der Waals surface area (Å²) in [7, 11) is 1.29. The summed E-state index contributed by atoms with van der Waals surface area (Å²) < 4.78 is 0.837. The van der Waals surface area contributed by atoms with Gasteiger partial charge in [0.2, 0.25) is 0 Å². The summed E-state index contributed by atoms with van der Waals surface area (Å²) in [5, 5.41) is 15.8. The first-order chi connectivity index (χ1) is 8.54. The molecule has 2 aromatic rings. The fraction of sp³-hybridized carbons (Fsp3) is 0.0909. The Bertz CT molecular complexity index is 651. The Morgan fingerprint density at radius 3 is 2.67 bits per heavy atom. The molecule has 0 amide bonds. The number of nitrogens with zero attached hydrogens (tertiary/aromatic N) is 1. The Hall–Kier alpha value is -1.30. The highest BCUT2D eigenvalue weighted by atomic mass is 35.5. The molecule has 4 nitrogen and oxygen atoms in total. The molecule has 94 valence electrons. The van der Waals surface area contributed by atoms with E-state index < -0.39 is 5.97 Å². The van der Waals surface area contributed by atoms with Crippen molar-refractivity contribution in [3.8, 4) is 0 Å². The molecule has 1 aromatic carbocycles. The maximum atomic E-state index is 11.1. The fourth-order valence-corrected chi connectivity index (χ4v) is 2.86. The van der Waals surface area contributed by atoms with E-state index in [2.05, 4.69) is 9.99 Å². The van der Waals surface area contributed by atoms with Gasteiger partial charge in [-0.15, -0.1) is 11.3 Å². The van der Waals surface area contributed by atoms with Crippen molar-refractivity contribution >= 4 is 56.3 Å². The maximum Gasteiger partial charge on any atom is 0.358 e. The average molecular weight is 304 g/mol. The zero-order valence-electron chi connectivity index (χ0n) is 9.11. The Morgan fingerprint density at radius 2 is 2.06 bits per heavy atom. The predicted molar refractivity (Wildman–Crippen MR) is 73.0 cm³/mol. The first kappa shape index (κ1) is 13.1. The Morgan fingerprint density at radius 1 is 1.39 bits per heavy atom. The average Bonchev–Trinajstić information content (AvgIpc) is 2.69. The van der Waals surface area contributed by atoms with Gasteiger partial charge in [-0.25, -0.2) is 4.79 Å². The number of thiophene rings is 1. The highest BCUT2D eigenvalue weighted by Gasteiger charge is 2.19. The van der Waals surface area contributed by atoms with Gasteiger partial charge in [-0.2, -0.15) is 0 Å². The van der Waals surface area contributed by atoms with E-state index in [0.29, 0.717) is 21.0 Å². The number of benzene rings is 1. The smallest absolute Gasteiger partial charge is 0.358 e. The molecule has 0 spiro atoms. The minimum Gasteiger partial charge on any atom is -0.476 e. The lowest BCUT2D eigenvalue weighted by Gasteiger charge is -2.01. The second-order valence-corrected chi connectivity index (χ2v) is 5.07. The van der Waals surface area contributed by atoms with Crippen molar-refractivity contribution in [1.29, 1.82) is 0 Å². The molecule has 2 rings (SSSR count). The zero-order valence-corrected chi connectivity index (χ0v) is 11.4. The van der Waals surface area contributed by atoms with E-state index in [0.717, 1.165) is 4.70 Å². The third kappa shape index (κ3) is 2.29. The van der Waals surface area contributed by atoms with Gasteiger partial charge in [0.25, 0.3) is 0 Å². The van der Waals surface area contributed by atoms with Crippen molar-refractivity contribution in [2.24, 2.45) is 5.16 Å². The van der Waals surface area contributed by atoms with Gasteiger partial charge in [0.05, 0.1) is 10.0 Å². The van der Waals surface area contributed by atoms with Crippen molar-refractivity contribution in [3.63, 3.8) is 0 Å². The van der Waals surface area contributed by atoms with Crippen LogP contribution in [0.1, 0.15) is 5.56 Å². The molecule has 1 aromatic heterocycles. The largest absolute Gasteiger partial charge is 0.476 e. The minimum atomic E-state index is -1.16. The van der Waals surface area contributed by atoms with Crippen LogP contribution in [0.25, 0.3) is 10.1 Å². The minimum absolute atomic E-state index is 0.165. The van der Waals surface area contributed by atoms with Gasteiger partial charge in [0, 0.05) is 21.0 Å². The molecule has 0 fully saturated rings. The molecule has 7 heteroatoms. The lowest BCUT2D eigenvalue weighted by Crippen LogP contribution is -2.14. The number of hydrogen-bond acceptors (Lipinski definition) is 4. The number of carboxylic acid groups (broad SMARTS) is 1. The first-order valence-electron chi connectivity index (χ1n) is 4.75. The molecule has 0 aliphatic rings. The number of aliphatic carboxylic acids is 1. The predicted octanol–water partition coefficient (Wildman–Crippen LogP) is 3.64. The second-order valence-electron chi connectivity index (χ2n) is 3.34. The molecule has 0 atom stereocenters. The molecule has 0 saturated carbocycles.